The summed E-state index contributed by atoms with van der Waals surface area (Å²) in [6.07, 6.45) is 3.56. The highest BCUT2D eigenvalue weighted by Crippen LogP contribution is 2.06. The standard InChI is InChI=1S/C12H10N2O.BF4/c15-12(11-7-3-1-4-8-11)13-14-9-5-2-6-10-14;2-1(3,4)5/h1-10H;/q;-1/p+1. The van der Waals surface area contributed by atoms with Gasteiger partial charge in [-0.1, -0.05) is 28.9 Å². The van der Waals surface area contributed by atoms with Crippen LogP contribution in [0, 0.1) is 0 Å². The molecule has 2 rings (SSSR count). The molecule has 0 aliphatic rings. The molecule has 0 aliphatic heterocycles. The zero-order chi connectivity index (χ0) is 15.0. The van der Waals surface area contributed by atoms with Gasteiger partial charge in [0.2, 0.25) is 0 Å². The third-order valence-corrected chi connectivity index (χ3v) is 1.98. The summed E-state index contributed by atoms with van der Waals surface area (Å²) >= 11 is 0. The van der Waals surface area contributed by atoms with Crippen LogP contribution >= 0.6 is 0 Å². The second-order valence-corrected chi connectivity index (χ2v) is 3.58. The van der Waals surface area contributed by atoms with Crippen LogP contribution in [0.4, 0.5) is 17.3 Å². The van der Waals surface area contributed by atoms with Crippen molar-refractivity contribution < 1.29 is 26.7 Å². The lowest BCUT2D eigenvalue weighted by molar-refractivity contribution is -0.641. The second kappa shape index (κ2) is 7.27. The maximum absolute atomic E-state index is 11.7. The minimum Gasteiger partial charge on any atom is -0.418 e. The van der Waals surface area contributed by atoms with Gasteiger partial charge < -0.3 is 17.3 Å². The molecule has 0 unspecified atom stereocenters. The van der Waals surface area contributed by atoms with Crippen molar-refractivity contribution >= 4 is 13.2 Å². The highest BCUT2D eigenvalue weighted by Gasteiger charge is 2.20. The van der Waals surface area contributed by atoms with Crippen molar-refractivity contribution in [1.82, 2.24) is 0 Å². The molecule has 1 heterocycles. The predicted octanol–water partition coefficient (Wildman–Crippen LogP) is 2.66. The summed E-state index contributed by atoms with van der Waals surface area (Å²) in [5, 5.41) is 0. The van der Waals surface area contributed by atoms with Crippen molar-refractivity contribution in [3.63, 3.8) is 0 Å². The smallest absolute Gasteiger partial charge is 0.418 e. The van der Waals surface area contributed by atoms with E-state index in [9.17, 15) is 22.1 Å². The van der Waals surface area contributed by atoms with E-state index in [1.165, 1.54) is 0 Å². The molecular formula is C12H11BF4N2O. The van der Waals surface area contributed by atoms with E-state index in [1.54, 1.807) is 29.2 Å². The molecule has 1 aromatic carbocycles. The first kappa shape index (κ1) is 15.7. The van der Waals surface area contributed by atoms with Gasteiger partial charge in [0.1, 0.15) is 0 Å². The Hall–Kier alpha value is -2.38. The predicted molar refractivity (Wildman–Crippen MR) is 67.0 cm³/mol. The lowest BCUT2D eigenvalue weighted by Crippen LogP contribution is -2.47. The van der Waals surface area contributed by atoms with E-state index in [4.69, 9.17) is 0 Å². The number of aromatic nitrogens is 1. The highest BCUT2D eigenvalue weighted by atomic mass is 19.5. The third-order valence-electron chi connectivity index (χ3n) is 1.98. The van der Waals surface area contributed by atoms with E-state index in [-0.39, 0.29) is 5.91 Å². The Kier molecular flexibility index (Phi) is 5.70. The van der Waals surface area contributed by atoms with Gasteiger partial charge in [0.05, 0.1) is 0 Å². The van der Waals surface area contributed by atoms with Gasteiger partial charge in [0.25, 0.3) is 0 Å². The number of hydrogen-bond donors (Lipinski definition) is 1. The largest absolute Gasteiger partial charge is 0.673 e. The molecule has 106 valence electrons. The van der Waals surface area contributed by atoms with E-state index in [0.717, 1.165) is 0 Å². The Bertz CT molecular complexity index is 528. The van der Waals surface area contributed by atoms with Crippen LogP contribution in [0.2, 0.25) is 0 Å². The Morgan fingerprint density at radius 2 is 1.35 bits per heavy atom. The first-order chi connectivity index (χ1) is 9.36. The maximum atomic E-state index is 11.7. The molecular weight excluding hydrogens is 275 g/mol. The molecule has 0 aliphatic carbocycles. The second-order valence-electron chi connectivity index (χ2n) is 3.58. The number of amides is 1. The zero-order valence-electron chi connectivity index (χ0n) is 10.2. The van der Waals surface area contributed by atoms with Crippen LogP contribution < -0.4 is 10.1 Å². The maximum Gasteiger partial charge on any atom is 0.673 e. The molecule has 0 radical (unpaired) electrons. The van der Waals surface area contributed by atoms with Gasteiger partial charge in [-0.25, -0.2) is 0 Å². The van der Waals surface area contributed by atoms with Crippen LogP contribution in [0.3, 0.4) is 0 Å². The van der Waals surface area contributed by atoms with Gasteiger partial charge in [-0.05, 0) is 12.1 Å². The van der Waals surface area contributed by atoms with Crippen LogP contribution in [0.25, 0.3) is 0 Å². The van der Waals surface area contributed by atoms with Crippen LogP contribution in [0.15, 0.2) is 60.9 Å². The average Bonchev–Trinajstić information content (AvgIpc) is 2.39. The van der Waals surface area contributed by atoms with Crippen molar-refractivity contribution in [2.45, 2.75) is 0 Å². The summed E-state index contributed by atoms with van der Waals surface area (Å²) in [6.45, 7) is 0. The van der Waals surface area contributed by atoms with E-state index >= 15 is 0 Å². The molecule has 1 amide bonds. The number of rotatable bonds is 2. The van der Waals surface area contributed by atoms with Gasteiger partial charge in [-0.15, -0.1) is 5.43 Å². The zero-order valence-corrected chi connectivity index (χ0v) is 10.2. The molecule has 20 heavy (non-hydrogen) atoms. The number of nitrogens with one attached hydrogen (secondary N) is 1. The molecule has 1 aromatic heterocycles. The van der Waals surface area contributed by atoms with Crippen molar-refractivity contribution in [1.29, 1.82) is 0 Å². The molecule has 0 saturated heterocycles. The van der Waals surface area contributed by atoms with Crippen molar-refractivity contribution in [3.8, 4) is 0 Å². The Balaban J connectivity index is 0.000000347. The molecule has 3 nitrogen and oxygen atoms in total. The Morgan fingerprint density at radius 3 is 1.85 bits per heavy atom. The summed E-state index contributed by atoms with van der Waals surface area (Å²) in [4.78, 5) is 11.7. The summed E-state index contributed by atoms with van der Waals surface area (Å²) in [5.41, 5.74) is 3.38. The molecule has 0 bridgehead atoms. The summed E-state index contributed by atoms with van der Waals surface area (Å²) in [5.74, 6) is -0.119. The van der Waals surface area contributed by atoms with Gasteiger partial charge in [0, 0.05) is 17.7 Å². The first-order valence-corrected chi connectivity index (χ1v) is 5.56. The molecule has 1 N–H and O–H groups in total. The fraction of sp³-hybridized carbons (Fsp3) is 0. The molecule has 0 spiro atoms. The van der Waals surface area contributed by atoms with Gasteiger partial charge in [-0.3, -0.25) is 4.79 Å². The third kappa shape index (κ3) is 7.15. The molecule has 0 atom stereocenters. The normalized spacial score (nSPS) is 10.2. The summed E-state index contributed by atoms with van der Waals surface area (Å²) in [6, 6.07) is 14.7. The summed E-state index contributed by atoms with van der Waals surface area (Å²) < 4.78 is 40.6. The van der Waals surface area contributed by atoms with Crippen LogP contribution in [-0.2, 0) is 0 Å². The number of carbonyl (C=O) groups excluding carboxylic acids is 1. The average molecular weight is 286 g/mol. The Labute approximate surface area is 112 Å². The van der Waals surface area contributed by atoms with Crippen LogP contribution in [0.1, 0.15) is 10.4 Å². The number of benzene rings is 1. The van der Waals surface area contributed by atoms with E-state index in [2.05, 4.69) is 5.43 Å². The lowest BCUT2D eigenvalue weighted by atomic mass is 10.2. The monoisotopic (exact) mass is 286 g/mol. The van der Waals surface area contributed by atoms with E-state index in [1.807, 2.05) is 36.4 Å². The fourth-order valence-electron chi connectivity index (χ4n) is 1.24. The quantitative estimate of drug-likeness (QED) is 0.514. The van der Waals surface area contributed by atoms with Crippen molar-refractivity contribution in [2.24, 2.45) is 0 Å². The Morgan fingerprint density at radius 1 is 0.900 bits per heavy atom. The topological polar surface area (TPSA) is 33.0 Å². The van der Waals surface area contributed by atoms with Crippen LogP contribution in [-0.4, -0.2) is 13.2 Å². The van der Waals surface area contributed by atoms with E-state index < -0.39 is 7.25 Å². The minimum absolute atomic E-state index is 0.119. The van der Waals surface area contributed by atoms with Gasteiger partial charge >= 0.3 is 13.2 Å². The number of pyridine rings is 1. The minimum atomic E-state index is -6.00. The van der Waals surface area contributed by atoms with Crippen molar-refractivity contribution in [2.75, 3.05) is 5.43 Å². The molecule has 2 aromatic rings. The molecule has 8 heteroatoms. The van der Waals surface area contributed by atoms with Crippen molar-refractivity contribution in [3.05, 3.63) is 66.5 Å². The first-order valence-electron chi connectivity index (χ1n) is 5.56. The summed E-state index contributed by atoms with van der Waals surface area (Å²) in [7, 11) is -6.00. The number of carbonyl (C=O) groups is 1. The lowest BCUT2D eigenvalue weighted by Gasteiger charge is -1.98. The molecule has 0 saturated carbocycles. The highest BCUT2D eigenvalue weighted by molar-refractivity contribution is 6.50. The van der Waals surface area contributed by atoms with Gasteiger partial charge in [0.15, 0.2) is 12.4 Å². The SMILES string of the molecule is F[B-](F)(F)F.O=C(N[n+]1ccccc1)c1ccccc1. The molecule has 0 fully saturated rings. The fourth-order valence-corrected chi connectivity index (χ4v) is 1.24. The number of hydrogen-bond acceptors (Lipinski definition) is 1. The number of nitrogens with zero attached hydrogens (tertiary/aromatic N) is 1. The van der Waals surface area contributed by atoms with Crippen LogP contribution in [0.5, 0.6) is 0 Å². The number of halogens is 4. The van der Waals surface area contributed by atoms with Gasteiger partial charge in [-0.2, -0.15) is 0 Å². The van der Waals surface area contributed by atoms with E-state index in [0.29, 0.717) is 5.56 Å².